The molecule has 108 valence electrons. The average Bonchev–Trinajstić information content (AvgIpc) is 2.85. The molecule has 2 rings (SSSR count). The number of furan rings is 1. The summed E-state index contributed by atoms with van der Waals surface area (Å²) in [5.41, 5.74) is 0.665. The Kier molecular flexibility index (Phi) is 4.27. The Morgan fingerprint density at radius 3 is 2.35 bits per heavy atom. The molecule has 0 spiro atoms. The lowest BCUT2D eigenvalue weighted by atomic mass is 10.2. The predicted molar refractivity (Wildman–Crippen MR) is 74.5 cm³/mol. The van der Waals surface area contributed by atoms with Crippen LogP contribution in [-0.2, 0) is 16.6 Å². The third-order valence-corrected chi connectivity index (χ3v) is 4.49. The molecule has 0 saturated carbocycles. The molecule has 6 heteroatoms. The summed E-state index contributed by atoms with van der Waals surface area (Å²) in [6, 6.07) is 9.17. The second-order valence-corrected chi connectivity index (χ2v) is 6.31. The SMILES string of the molecule is Cc1ccc(C(C)NS(=O)(=O)c2ccc(CO)cc2)o1. The lowest BCUT2D eigenvalue weighted by Crippen LogP contribution is -2.26. The molecule has 1 atom stereocenters. The fraction of sp³-hybridized carbons (Fsp3) is 0.286. The Balaban J connectivity index is 2.17. The summed E-state index contributed by atoms with van der Waals surface area (Å²) in [6.45, 7) is 3.41. The molecule has 0 aliphatic heterocycles. The van der Waals surface area contributed by atoms with Crippen molar-refractivity contribution in [3.05, 3.63) is 53.5 Å². The summed E-state index contributed by atoms with van der Waals surface area (Å²) in [5, 5.41) is 8.95. The molecule has 1 aromatic carbocycles. The van der Waals surface area contributed by atoms with E-state index >= 15 is 0 Å². The summed E-state index contributed by atoms with van der Waals surface area (Å²) < 4.78 is 32.4. The van der Waals surface area contributed by atoms with Crippen molar-refractivity contribution in [3.63, 3.8) is 0 Å². The lowest BCUT2D eigenvalue weighted by Gasteiger charge is -2.12. The summed E-state index contributed by atoms with van der Waals surface area (Å²) in [4.78, 5) is 0.157. The van der Waals surface area contributed by atoms with Gasteiger partial charge in [-0.25, -0.2) is 13.1 Å². The van der Waals surface area contributed by atoms with Gasteiger partial charge in [-0.1, -0.05) is 12.1 Å². The monoisotopic (exact) mass is 295 g/mol. The van der Waals surface area contributed by atoms with Gasteiger partial charge in [0, 0.05) is 0 Å². The van der Waals surface area contributed by atoms with E-state index in [1.807, 2.05) is 0 Å². The van der Waals surface area contributed by atoms with Crippen molar-refractivity contribution in [2.45, 2.75) is 31.4 Å². The largest absolute Gasteiger partial charge is 0.465 e. The minimum absolute atomic E-state index is 0.115. The van der Waals surface area contributed by atoms with Crippen molar-refractivity contribution in [3.8, 4) is 0 Å². The van der Waals surface area contributed by atoms with Crippen molar-refractivity contribution >= 4 is 10.0 Å². The number of hydrogen-bond acceptors (Lipinski definition) is 4. The van der Waals surface area contributed by atoms with Crippen LogP contribution >= 0.6 is 0 Å². The Hall–Kier alpha value is -1.63. The molecule has 0 aliphatic rings. The number of nitrogens with one attached hydrogen (secondary N) is 1. The summed E-state index contributed by atoms with van der Waals surface area (Å²) in [5.74, 6) is 1.30. The van der Waals surface area contributed by atoms with Gasteiger partial charge in [0.15, 0.2) is 0 Å². The smallest absolute Gasteiger partial charge is 0.241 e. The van der Waals surface area contributed by atoms with Gasteiger partial charge in [0.25, 0.3) is 0 Å². The highest BCUT2D eigenvalue weighted by atomic mass is 32.2. The van der Waals surface area contributed by atoms with Gasteiger partial charge < -0.3 is 9.52 Å². The molecular weight excluding hydrogens is 278 g/mol. The second-order valence-electron chi connectivity index (χ2n) is 4.59. The topological polar surface area (TPSA) is 79.5 Å². The van der Waals surface area contributed by atoms with E-state index in [9.17, 15) is 8.42 Å². The van der Waals surface area contributed by atoms with Crippen molar-refractivity contribution in [1.82, 2.24) is 4.72 Å². The van der Waals surface area contributed by atoms with Crippen LogP contribution in [0.4, 0.5) is 0 Å². The van der Waals surface area contributed by atoms with E-state index in [-0.39, 0.29) is 11.5 Å². The quantitative estimate of drug-likeness (QED) is 0.885. The Morgan fingerprint density at radius 1 is 1.20 bits per heavy atom. The van der Waals surface area contributed by atoms with Gasteiger partial charge in [0.1, 0.15) is 11.5 Å². The maximum atomic E-state index is 12.2. The number of benzene rings is 1. The summed E-state index contributed by atoms with van der Waals surface area (Å²) in [7, 11) is -3.62. The van der Waals surface area contributed by atoms with Crippen LogP contribution in [0.2, 0.25) is 0 Å². The molecular formula is C14H17NO4S. The third-order valence-electron chi connectivity index (χ3n) is 2.94. The summed E-state index contributed by atoms with van der Waals surface area (Å²) >= 11 is 0. The van der Waals surface area contributed by atoms with Crippen LogP contribution in [0.3, 0.4) is 0 Å². The normalized spacial score (nSPS) is 13.3. The molecule has 0 aliphatic carbocycles. The van der Waals surface area contributed by atoms with E-state index in [2.05, 4.69) is 4.72 Å². The number of rotatable bonds is 5. The molecule has 1 heterocycles. The third kappa shape index (κ3) is 3.27. The first-order chi connectivity index (χ1) is 9.42. The first-order valence-corrected chi connectivity index (χ1v) is 7.69. The van der Waals surface area contributed by atoms with Crippen LogP contribution in [-0.4, -0.2) is 13.5 Å². The minimum Gasteiger partial charge on any atom is -0.465 e. The zero-order valence-electron chi connectivity index (χ0n) is 11.3. The number of sulfonamides is 1. The standard InChI is InChI=1S/C14H17NO4S/c1-10-3-8-14(19-10)11(2)15-20(17,18)13-6-4-12(9-16)5-7-13/h3-8,11,15-16H,9H2,1-2H3. The molecule has 0 amide bonds. The second kappa shape index (κ2) is 5.78. The first kappa shape index (κ1) is 14.8. The molecule has 5 nitrogen and oxygen atoms in total. The predicted octanol–water partition coefficient (Wildman–Crippen LogP) is 2.12. The number of hydrogen-bond donors (Lipinski definition) is 2. The first-order valence-electron chi connectivity index (χ1n) is 6.21. The van der Waals surface area contributed by atoms with Crippen LogP contribution in [0.5, 0.6) is 0 Å². The van der Waals surface area contributed by atoms with Crippen molar-refractivity contribution in [2.75, 3.05) is 0 Å². The average molecular weight is 295 g/mol. The van der Waals surface area contributed by atoms with E-state index in [1.54, 1.807) is 38.1 Å². The minimum atomic E-state index is -3.62. The lowest BCUT2D eigenvalue weighted by molar-refractivity contribution is 0.282. The van der Waals surface area contributed by atoms with E-state index < -0.39 is 16.1 Å². The summed E-state index contributed by atoms with van der Waals surface area (Å²) in [6.07, 6.45) is 0. The molecule has 2 N–H and O–H groups in total. The van der Waals surface area contributed by atoms with Gasteiger partial charge >= 0.3 is 0 Å². The highest BCUT2D eigenvalue weighted by Gasteiger charge is 2.20. The Bertz CT molecular complexity index is 673. The van der Waals surface area contributed by atoms with Gasteiger partial charge in [-0.3, -0.25) is 0 Å². The molecule has 0 radical (unpaired) electrons. The molecule has 0 bridgehead atoms. The number of aliphatic hydroxyl groups is 1. The molecule has 0 saturated heterocycles. The van der Waals surface area contributed by atoms with Gasteiger partial charge in [0.2, 0.25) is 10.0 Å². The highest BCUT2D eigenvalue weighted by Crippen LogP contribution is 2.19. The van der Waals surface area contributed by atoms with Gasteiger partial charge in [-0.2, -0.15) is 0 Å². The van der Waals surface area contributed by atoms with Gasteiger partial charge in [-0.15, -0.1) is 0 Å². The fourth-order valence-electron chi connectivity index (χ4n) is 1.82. The van der Waals surface area contributed by atoms with E-state index in [1.165, 1.54) is 12.1 Å². The van der Waals surface area contributed by atoms with Crippen molar-refractivity contribution < 1.29 is 17.9 Å². The highest BCUT2D eigenvalue weighted by molar-refractivity contribution is 7.89. The number of aliphatic hydroxyl groups excluding tert-OH is 1. The fourth-order valence-corrected chi connectivity index (χ4v) is 3.03. The maximum Gasteiger partial charge on any atom is 0.241 e. The van der Waals surface area contributed by atoms with Crippen molar-refractivity contribution in [1.29, 1.82) is 0 Å². The van der Waals surface area contributed by atoms with Crippen molar-refractivity contribution in [2.24, 2.45) is 0 Å². The molecule has 20 heavy (non-hydrogen) atoms. The van der Waals surface area contributed by atoms with Crippen LogP contribution in [0.15, 0.2) is 45.7 Å². The molecule has 1 aromatic heterocycles. The van der Waals surface area contributed by atoms with Gasteiger partial charge in [0.05, 0.1) is 17.5 Å². The van der Waals surface area contributed by atoms with E-state index in [0.717, 1.165) is 5.76 Å². The van der Waals surface area contributed by atoms with E-state index in [4.69, 9.17) is 9.52 Å². The molecule has 0 fully saturated rings. The molecule has 1 unspecified atom stereocenters. The van der Waals surface area contributed by atoms with Gasteiger partial charge in [-0.05, 0) is 43.7 Å². The Labute approximate surface area is 118 Å². The van der Waals surface area contributed by atoms with Crippen LogP contribution in [0, 0.1) is 6.92 Å². The Morgan fingerprint density at radius 2 is 1.85 bits per heavy atom. The zero-order valence-corrected chi connectivity index (χ0v) is 12.1. The molecule has 2 aromatic rings. The zero-order chi connectivity index (χ0) is 14.8. The van der Waals surface area contributed by atoms with Crippen LogP contribution in [0.25, 0.3) is 0 Å². The van der Waals surface area contributed by atoms with E-state index in [0.29, 0.717) is 11.3 Å². The van der Waals surface area contributed by atoms with Crippen LogP contribution < -0.4 is 4.72 Å². The number of aryl methyl sites for hydroxylation is 1. The maximum absolute atomic E-state index is 12.2. The van der Waals surface area contributed by atoms with Crippen LogP contribution in [0.1, 0.15) is 30.0 Å².